The second-order valence-electron chi connectivity index (χ2n) is 6.38. The van der Waals surface area contributed by atoms with Crippen LogP contribution >= 0.6 is 0 Å². The van der Waals surface area contributed by atoms with Crippen molar-refractivity contribution in [1.29, 1.82) is 0 Å². The molecule has 8 heteroatoms. The van der Waals surface area contributed by atoms with Gasteiger partial charge in [0.05, 0.1) is 31.8 Å². The van der Waals surface area contributed by atoms with Crippen LogP contribution in [0.4, 0.5) is 8.78 Å². The third kappa shape index (κ3) is 4.28. The molecule has 1 unspecified atom stereocenters. The smallest absolute Gasteiger partial charge is 0.306 e. The molecular weight excluding hydrogens is 372 g/mol. The first kappa shape index (κ1) is 19.8. The van der Waals surface area contributed by atoms with Gasteiger partial charge in [0.2, 0.25) is 0 Å². The summed E-state index contributed by atoms with van der Waals surface area (Å²) in [6.07, 6.45) is -0.868. The van der Waals surface area contributed by atoms with E-state index in [1.54, 1.807) is 6.07 Å². The third-order valence-electron chi connectivity index (χ3n) is 4.52. The standard InChI is InChI=1S/C20H19F2NO5/c1-27-13-3-5-15(18(22)9-13)12-2-4-16(17(21)8-12)20(26)23-6-7-28-14(11-23)10-19(24)25/h2-5,8-9,14H,6-7,10-11H2,1H3,(H,24,25). The number of nitrogens with zero attached hydrogens (tertiary/aromatic N) is 1. The number of benzene rings is 2. The maximum atomic E-state index is 14.6. The number of carbonyl (C=O) groups excluding carboxylic acids is 1. The van der Waals surface area contributed by atoms with Crippen molar-refractivity contribution < 1.29 is 33.0 Å². The first-order valence-corrected chi connectivity index (χ1v) is 8.65. The molecule has 0 radical (unpaired) electrons. The van der Waals surface area contributed by atoms with E-state index in [1.807, 2.05) is 0 Å². The molecule has 1 heterocycles. The summed E-state index contributed by atoms with van der Waals surface area (Å²) in [4.78, 5) is 24.8. The summed E-state index contributed by atoms with van der Waals surface area (Å²) in [6, 6.07) is 8.11. The van der Waals surface area contributed by atoms with Gasteiger partial charge in [-0.15, -0.1) is 0 Å². The summed E-state index contributed by atoms with van der Waals surface area (Å²) >= 11 is 0. The normalized spacial score (nSPS) is 16.7. The molecule has 0 bridgehead atoms. The Bertz CT molecular complexity index is 902. The Morgan fingerprint density at radius 1 is 1.21 bits per heavy atom. The van der Waals surface area contributed by atoms with Crippen molar-refractivity contribution in [1.82, 2.24) is 4.90 Å². The van der Waals surface area contributed by atoms with E-state index in [4.69, 9.17) is 14.6 Å². The molecule has 1 atom stereocenters. The number of amides is 1. The van der Waals surface area contributed by atoms with Crippen molar-refractivity contribution in [3.63, 3.8) is 0 Å². The lowest BCUT2D eigenvalue weighted by atomic mass is 10.0. The number of aliphatic carboxylic acids is 1. The van der Waals surface area contributed by atoms with E-state index in [9.17, 15) is 18.4 Å². The van der Waals surface area contributed by atoms with E-state index in [2.05, 4.69) is 0 Å². The molecule has 2 aromatic carbocycles. The highest BCUT2D eigenvalue weighted by Crippen LogP contribution is 2.28. The van der Waals surface area contributed by atoms with Gasteiger partial charge in [-0.1, -0.05) is 6.07 Å². The van der Waals surface area contributed by atoms with Crippen molar-refractivity contribution in [3.05, 3.63) is 53.6 Å². The molecule has 1 saturated heterocycles. The van der Waals surface area contributed by atoms with Crippen LogP contribution in [0.25, 0.3) is 11.1 Å². The van der Waals surface area contributed by atoms with Crippen molar-refractivity contribution in [2.45, 2.75) is 12.5 Å². The summed E-state index contributed by atoms with van der Waals surface area (Å²) < 4.78 is 39.1. The Morgan fingerprint density at radius 3 is 2.64 bits per heavy atom. The minimum atomic E-state index is -1.03. The minimum Gasteiger partial charge on any atom is -0.497 e. The number of methoxy groups -OCH3 is 1. The van der Waals surface area contributed by atoms with Gasteiger partial charge in [-0.05, 0) is 29.8 Å². The van der Waals surface area contributed by atoms with Gasteiger partial charge in [-0.25, -0.2) is 8.78 Å². The fourth-order valence-electron chi connectivity index (χ4n) is 3.11. The predicted molar refractivity (Wildman–Crippen MR) is 96.2 cm³/mol. The highest BCUT2D eigenvalue weighted by Gasteiger charge is 2.28. The van der Waals surface area contributed by atoms with Crippen LogP contribution in [0.2, 0.25) is 0 Å². The number of carboxylic acid groups (broad SMARTS) is 1. The lowest BCUT2D eigenvalue weighted by Gasteiger charge is -2.32. The highest BCUT2D eigenvalue weighted by molar-refractivity contribution is 5.95. The van der Waals surface area contributed by atoms with Crippen LogP contribution in [-0.2, 0) is 9.53 Å². The summed E-state index contributed by atoms with van der Waals surface area (Å²) in [6.45, 7) is 0.489. The van der Waals surface area contributed by atoms with Gasteiger partial charge in [0.15, 0.2) is 0 Å². The van der Waals surface area contributed by atoms with E-state index in [0.29, 0.717) is 11.3 Å². The zero-order chi connectivity index (χ0) is 20.3. The number of morpholine rings is 1. The van der Waals surface area contributed by atoms with Crippen LogP contribution < -0.4 is 4.74 Å². The molecule has 6 nitrogen and oxygen atoms in total. The predicted octanol–water partition coefficient (Wildman–Crippen LogP) is 2.96. The van der Waals surface area contributed by atoms with Crippen molar-refractivity contribution in [3.8, 4) is 16.9 Å². The molecular formula is C20H19F2NO5. The fourth-order valence-corrected chi connectivity index (χ4v) is 3.11. The van der Waals surface area contributed by atoms with E-state index in [1.165, 1.54) is 36.3 Å². The van der Waals surface area contributed by atoms with E-state index in [0.717, 1.165) is 6.07 Å². The number of ether oxygens (including phenoxy) is 2. The topological polar surface area (TPSA) is 76.1 Å². The lowest BCUT2D eigenvalue weighted by Crippen LogP contribution is -2.46. The van der Waals surface area contributed by atoms with E-state index in [-0.39, 0.29) is 37.2 Å². The molecule has 148 valence electrons. The van der Waals surface area contributed by atoms with Crippen molar-refractivity contribution in [2.75, 3.05) is 26.8 Å². The largest absolute Gasteiger partial charge is 0.497 e. The Kier molecular flexibility index (Phi) is 5.89. The SMILES string of the molecule is COc1ccc(-c2ccc(C(=O)N3CCOC(CC(=O)O)C3)c(F)c2)c(F)c1. The molecule has 1 N–H and O–H groups in total. The number of hydrogen-bond donors (Lipinski definition) is 1. The molecule has 1 aliphatic rings. The first-order chi connectivity index (χ1) is 13.4. The van der Waals surface area contributed by atoms with E-state index < -0.39 is 29.6 Å². The monoisotopic (exact) mass is 391 g/mol. The molecule has 0 aromatic heterocycles. The van der Waals surface area contributed by atoms with Crippen LogP contribution in [0, 0.1) is 11.6 Å². The van der Waals surface area contributed by atoms with Crippen molar-refractivity contribution >= 4 is 11.9 Å². The Hall–Kier alpha value is -3.00. The van der Waals surface area contributed by atoms with Gasteiger partial charge < -0.3 is 19.5 Å². The van der Waals surface area contributed by atoms with Gasteiger partial charge in [-0.3, -0.25) is 9.59 Å². The number of rotatable bonds is 5. The lowest BCUT2D eigenvalue weighted by molar-refractivity contribution is -0.141. The minimum absolute atomic E-state index is 0.0689. The zero-order valence-corrected chi connectivity index (χ0v) is 15.2. The fraction of sp³-hybridized carbons (Fsp3) is 0.300. The maximum absolute atomic E-state index is 14.6. The summed E-state index contributed by atoms with van der Waals surface area (Å²) in [5.41, 5.74) is 0.320. The average Bonchev–Trinajstić information content (AvgIpc) is 2.67. The summed E-state index contributed by atoms with van der Waals surface area (Å²) in [5, 5.41) is 8.86. The zero-order valence-electron chi connectivity index (χ0n) is 15.2. The molecule has 1 fully saturated rings. The van der Waals surface area contributed by atoms with Crippen LogP contribution in [0.15, 0.2) is 36.4 Å². The van der Waals surface area contributed by atoms with Gasteiger partial charge in [0.1, 0.15) is 17.4 Å². The summed E-state index contributed by atoms with van der Waals surface area (Å²) in [5.74, 6) is -2.59. The molecule has 28 heavy (non-hydrogen) atoms. The van der Waals surface area contributed by atoms with Gasteiger partial charge in [0, 0.05) is 24.7 Å². The molecule has 1 aliphatic heterocycles. The maximum Gasteiger partial charge on any atom is 0.306 e. The Labute approximate surface area is 160 Å². The Morgan fingerprint density at radius 2 is 2.00 bits per heavy atom. The quantitative estimate of drug-likeness (QED) is 0.848. The van der Waals surface area contributed by atoms with Gasteiger partial charge in [0.25, 0.3) is 5.91 Å². The van der Waals surface area contributed by atoms with E-state index >= 15 is 0 Å². The average molecular weight is 391 g/mol. The molecule has 0 spiro atoms. The van der Waals surface area contributed by atoms with Crippen LogP contribution in [0.1, 0.15) is 16.8 Å². The second kappa shape index (κ2) is 8.35. The number of carbonyl (C=O) groups is 2. The first-order valence-electron chi connectivity index (χ1n) is 8.65. The molecule has 1 amide bonds. The molecule has 2 aromatic rings. The van der Waals surface area contributed by atoms with Gasteiger partial charge in [-0.2, -0.15) is 0 Å². The van der Waals surface area contributed by atoms with Gasteiger partial charge >= 0.3 is 5.97 Å². The van der Waals surface area contributed by atoms with Crippen LogP contribution in [0.3, 0.4) is 0 Å². The summed E-state index contributed by atoms with van der Waals surface area (Å²) in [7, 11) is 1.42. The Balaban J connectivity index is 1.80. The number of halogens is 2. The number of hydrogen-bond acceptors (Lipinski definition) is 4. The van der Waals surface area contributed by atoms with Crippen LogP contribution in [-0.4, -0.2) is 54.8 Å². The van der Waals surface area contributed by atoms with Crippen LogP contribution in [0.5, 0.6) is 5.75 Å². The number of carboxylic acids is 1. The molecule has 0 saturated carbocycles. The van der Waals surface area contributed by atoms with Crippen molar-refractivity contribution in [2.24, 2.45) is 0 Å². The molecule has 3 rings (SSSR count). The highest BCUT2D eigenvalue weighted by atomic mass is 19.1. The molecule has 0 aliphatic carbocycles. The third-order valence-corrected chi connectivity index (χ3v) is 4.52. The second-order valence-corrected chi connectivity index (χ2v) is 6.38.